The van der Waals surface area contributed by atoms with Crippen LogP contribution in [0.5, 0.6) is 11.5 Å². The summed E-state index contributed by atoms with van der Waals surface area (Å²) in [5.41, 5.74) is 0. The van der Waals surface area contributed by atoms with Crippen molar-refractivity contribution < 1.29 is 19.3 Å². The van der Waals surface area contributed by atoms with Crippen molar-refractivity contribution in [2.24, 2.45) is 0 Å². The number of hydrogen-bond donors (Lipinski definition) is 1. The Morgan fingerprint density at radius 1 is 1.32 bits per heavy atom. The van der Waals surface area contributed by atoms with Crippen molar-refractivity contribution in [2.75, 3.05) is 46.6 Å². The first-order chi connectivity index (χ1) is 9.28. The Morgan fingerprint density at radius 2 is 2.05 bits per heavy atom. The Balaban J connectivity index is 1.74. The molecule has 0 unspecified atom stereocenters. The molecule has 0 amide bonds. The lowest BCUT2D eigenvalue weighted by Crippen LogP contribution is -2.42. The summed E-state index contributed by atoms with van der Waals surface area (Å²) >= 11 is 0. The standard InChI is InChI=1S/C14H21NO4/c1-17-13-3-2-4-14(9-13)19-11-12(16)10-15-5-7-18-8-6-15/h2-4,9,12,16H,5-8,10-11H2,1H3/t12-/m1/s1. The van der Waals surface area contributed by atoms with E-state index in [1.165, 1.54) is 0 Å². The van der Waals surface area contributed by atoms with Crippen LogP contribution in [0.15, 0.2) is 24.3 Å². The third kappa shape index (κ3) is 4.70. The number of aliphatic hydroxyl groups excluding tert-OH is 1. The summed E-state index contributed by atoms with van der Waals surface area (Å²) in [7, 11) is 1.62. The highest BCUT2D eigenvalue weighted by atomic mass is 16.5. The number of hydrogen-bond acceptors (Lipinski definition) is 5. The molecular formula is C14H21NO4. The average Bonchev–Trinajstić information content (AvgIpc) is 2.46. The largest absolute Gasteiger partial charge is 0.497 e. The zero-order valence-electron chi connectivity index (χ0n) is 11.2. The molecule has 0 aliphatic carbocycles. The lowest BCUT2D eigenvalue weighted by atomic mass is 10.3. The molecule has 1 N–H and O–H groups in total. The summed E-state index contributed by atoms with van der Waals surface area (Å²) in [6.45, 7) is 4.12. The normalized spacial score (nSPS) is 18.0. The van der Waals surface area contributed by atoms with Crippen molar-refractivity contribution in [2.45, 2.75) is 6.10 Å². The highest BCUT2D eigenvalue weighted by molar-refractivity contribution is 5.32. The van der Waals surface area contributed by atoms with Crippen molar-refractivity contribution in [3.05, 3.63) is 24.3 Å². The van der Waals surface area contributed by atoms with Gasteiger partial charge in [0, 0.05) is 25.7 Å². The van der Waals surface area contributed by atoms with Crippen LogP contribution in [0.2, 0.25) is 0 Å². The first-order valence-corrected chi connectivity index (χ1v) is 6.53. The van der Waals surface area contributed by atoms with Crippen LogP contribution in [-0.2, 0) is 4.74 Å². The Kier molecular flexibility index (Phi) is 5.44. The Morgan fingerprint density at radius 3 is 2.79 bits per heavy atom. The number of rotatable bonds is 6. The van der Waals surface area contributed by atoms with Gasteiger partial charge in [-0.15, -0.1) is 0 Å². The number of aliphatic hydroxyl groups is 1. The zero-order valence-corrected chi connectivity index (χ0v) is 11.2. The molecule has 1 aliphatic heterocycles. The monoisotopic (exact) mass is 267 g/mol. The minimum Gasteiger partial charge on any atom is -0.497 e. The average molecular weight is 267 g/mol. The molecule has 106 valence electrons. The maximum atomic E-state index is 9.95. The van der Waals surface area contributed by atoms with Crippen LogP contribution >= 0.6 is 0 Å². The molecule has 5 heteroatoms. The fourth-order valence-electron chi connectivity index (χ4n) is 2.02. The van der Waals surface area contributed by atoms with Gasteiger partial charge in [-0.1, -0.05) is 6.07 Å². The molecule has 1 aliphatic rings. The summed E-state index contributed by atoms with van der Waals surface area (Å²) in [6, 6.07) is 7.38. The van der Waals surface area contributed by atoms with E-state index in [2.05, 4.69) is 4.90 Å². The maximum Gasteiger partial charge on any atom is 0.123 e. The predicted octanol–water partition coefficient (Wildman–Crippen LogP) is 0.767. The fourth-order valence-corrected chi connectivity index (χ4v) is 2.02. The number of ether oxygens (including phenoxy) is 3. The van der Waals surface area contributed by atoms with Gasteiger partial charge in [0.05, 0.1) is 20.3 Å². The molecule has 1 fully saturated rings. The fraction of sp³-hybridized carbons (Fsp3) is 0.571. The number of β-amino-alcohol motifs (C(OH)–C–C–N with tert-alkyl or cyclic N) is 1. The lowest BCUT2D eigenvalue weighted by Gasteiger charge is -2.28. The van der Waals surface area contributed by atoms with Crippen LogP contribution in [0.1, 0.15) is 0 Å². The number of morpholine rings is 1. The smallest absolute Gasteiger partial charge is 0.123 e. The molecule has 1 atom stereocenters. The number of nitrogens with zero attached hydrogens (tertiary/aromatic N) is 1. The van der Waals surface area contributed by atoms with E-state index in [4.69, 9.17) is 14.2 Å². The maximum absolute atomic E-state index is 9.95. The molecule has 0 saturated carbocycles. The van der Waals surface area contributed by atoms with E-state index in [1.807, 2.05) is 18.2 Å². The van der Waals surface area contributed by atoms with Crippen LogP contribution in [0.3, 0.4) is 0 Å². The Hall–Kier alpha value is -1.30. The van der Waals surface area contributed by atoms with Crippen molar-refractivity contribution in [3.63, 3.8) is 0 Å². The molecule has 2 rings (SSSR count). The van der Waals surface area contributed by atoms with E-state index in [-0.39, 0.29) is 6.61 Å². The summed E-state index contributed by atoms with van der Waals surface area (Å²) in [5, 5.41) is 9.95. The third-order valence-electron chi connectivity index (χ3n) is 3.06. The van der Waals surface area contributed by atoms with E-state index in [1.54, 1.807) is 13.2 Å². The first kappa shape index (κ1) is 14.1. The molecule has 0 bridgehead atoms. The van der Waals surface area contributed by atoms with Gasteiger partial charge in [-0.25, -0.2) is 0 Å². The first-order valence-electron chi connectivity index (χ1n) is 6.53. The summed E-state index contributed by atoms with van der Waals surface area (Å²) < 4.78 is 16.0. The minimum atomic E-state index is -0.496. The van der Waals surface area contributed by atoms with Crippen molar-refractivity contribution in [1.29, 1.82) is 0 Å². The summed E-state index contributed by atoms with van der Waals surface area (Å²) in [5.74, 6) is 1.46. The SMILES string of the molecule is COc1cccc(OC[C@H](O)CN2CCOCC2)c1. The van der Waals surface area contributed by atoms with Gasteiger partial charge < -0.3 is 19.3 Å². The third-order valence-corrected chi connectivity index (χ3v) is 3.06. The van der Waals surface area contributed by atoms with Gasteiger partial charge in [0.1, 0.15) is 24.2 Å². The molecule has 19 heavy (non-hydrogen) atoms. The second-order valence-electron chi connectivity index (χ2n) is 4.56. The van der Waals surface area contributed by atoms with Crippen LogP contribution < -0.4 is 9.47 Å². The molecule has 1 aromatic carbocycles. The van der Waals surface area contributed by atoms with Crippen molar-refractivity contribution >= 4 is 0 Å². The van der Waals surface area contributed by atoms with Crippen molar-refractivity contribution in [1.82, 2.24) is 4.90 Å². The topological polar surface area (TPSA) is 51.2 Å². The minimum absolute atomic E-state index is 0.282. The van der Waals surface area contributed by atoms with E-state index in [0.717, 1.165) is 32.1 Å². The van der Waals surface area contributed by atoms with Crippen LogP contribution in [0, 0.1) is 0 Å². The van der Waals surface area contributed by atoms with Gasteiger partial charge in [-0.2, -0.15) is 0 Å². The Labute approximate surface area is 113 Å². The highest BCUT2D eigenvalue weighted by Gasteiger charge is 2.15. The van der Waals surface area contributed by atoms with Gasteiger partial charge in [-0.3, -0.25) is 4.90 Å². The molecule has 1 aromatic rings. The van der Waals surface area contributed by atoms with Gasteiger partial charge in [-0.05, 0) is 12.1 Å². The molecule has 0 aromatic heterocycles. The van der Waals surface area contributed by atoms with E-state index < -0.39 is 6.10 Å². The molecule has 1 heterocycles. The van der Waals surface area contributed by atoms with Crippen LogP contribution in [-0.4, -0.2) is 62.7 Å². The molecule has 0 radical (unpaired) electrons. The highest BCUT2D eigenvalue weighted by Crippen LogP contribution is 2.18. The van der Waals surface area contributed by atoms with Gasteiger partial charge >= 0.3 is 0 Å². The Bertz CT molecular complexity index is 379. The van der Waals surface area contributed by atoms with E-state index in [9.17, 15) is 5.11 Å². The molecule has 5 nitrogen and oxygen atoms in total. The number of methoxy groups -OCH3 is 1. The van der Waals surface area contributed by atoms with E-state index >= 15 is 0 Å². The number of benzene rings is 1. The van der Waals surface area contributed by atoms with Gasteiger partial charge in [0.2, 0.25) is 0 Å². The second kappa shape index (κ2) is 7.33. The quantitative estimate of drug-likeness (QED) is 0.825. The van der Waals surface area contributed by atoms with Crippen LogP contribution in [0.25, 0.3) is 0 Å². The molecule has 0 spiro atoms. The summed E-state index contributed by atoms with van der Waals surface area (Å²) in [4.78, 5) is 2.18. The molecular weight excluding hydrogens is 246 g/mol. The van der Waals surface area contributed by atoms with Gasteiger partial charge in [0.25, 0.3) is 0 Å². The van der Waals surface area contributed by atoms with Crippen molar-refractivity contribution in [3.8, 4) is 11.5 Å². The second-order valence-corrected chi connectivity index (χ2v) is 4.56. The zero-order chi connectivity index (χ0) is 13.5. The lowest BCUT2D eigenvalue weighted by molar-refractivity contribution is 0.00464. The van der Waals surface area contributed by atoms with E-state index in [0.29, 0.717) is 12.3 Å². The summed E-state index contributed by atoms with van der Waals surface area (Å²) in [6.07, 6.45) is -0.496. The van der Waals surface area contributed by atoms with Crippen LogP contribution in [0.4, 0.5) is 0 Å². The molecule has 1 saturated heterocycles. The van der Waals surface area contributed by atoms with Gasteiger partial charge in [0.15, 0.2) is 0 Å². The predicted molar refractivity (Wildman–Crippen MR) is 71.8 cm³/mol.